The van der Waals surface area contributed by atoms with Gasteiger partial charge in [0.2, 0.25) is 5.88 Å². The Hall–Kier alpha value is -3.08. The lowest BCUT2D eigenvalue weighted by Crippen LogP contribution is -2.42. The molecule has 2 aromatic heterocycles. The first-order chi connectivity index (χ1) is 13.6. The molecule has 1 fully saturated rings. The number of hydrogen-bond donors (Lipinski definition) is 3. The number of aromatic amines is 1. The Kier molecular flexibility index (Phi) is 5.78. The van der Waals surface area contributed by atoms with Crippen LogP contribution in [0.15, 0.2) is 12.1 Å². The maximum Gasteiger partial charge on any atom is 0.407 e. The fourth-order valence-electron chi connectivity index (χ4n) is 2.88. The number of aromatic nitrogens is 4. The summed E-state index contributed by atoms with van der Waals surface area (Å²) in [5.41, 5.74) is 0.650. The average Bonchev–Trinajstić information content (AvgIpc) is 3.32. The Morgan fingerprint density at radius 2 is 2.10 bits per heavy atom. The van der Waals surface area contributed by atoms with Gasteiger partial charge in [-0.15, -0.1) is 5.10 Å². The van der Waals surface area contributed by atoms with E-state index in [4.69, 9.17) is 14.2 Å². The molecular weight excluding hydrogens is 380 g/mol. The second kappa shape index (κ2) is 8.11. The maximum absolute atomic E-state index is 12.4. The van der Waals surface area contributed by atoms with E-state index in [1.165, 1.54) is 17.9 Å². The molecule has 2 unspecified atom stereocenters. The quantitative estimate of drug-likeness (QED) is 0.689. The number of rotatable bonds is 5. The van der Waals surface area contributed by atoms with Crippen molar-refractivity contribution in [2.75, 3.05) is 19.0 Å². The molecule has 0 aromatic carbocycles. The van der Waals surface area contributed by atoms with Gasteiger partial charge in [0.1, 0.15) is 17.9 Å². The summed E-state index contributed by atoms with van der Waals surface area (Å²) in [6, 6.07) is 3.22. The van der Waals surface area contributed by atoms with Crippen molar-refractivity contribution in [1.82, 2.24) is 25.3 Å². The van der Waals surface area contributed by atoms with Gasteiger partial charge in [-0.2, -0.15) is 5.10 Å². The molecule has 2 atom stereocenters. The van der Waals surface area contributed by atoms with Crippen LogP contribution in [0.4, 0.5) is 10.6 Å². The second-order valence-corrected chi connectivity index (χ2v) is 7.82. The number of methoxy groups -OCH3 is 1. The van der Waals surface area contributed by atoms with Crippen molar-refractivity contribution >= 4 is 17.8 Å². The van der Waals surface area contributed by atoms with Gasteiger partial charge in [0.25, 0.3) is 5.91 Å². The fourth-order valence-corrected chi connectivity index (χ4v) is 2.88. The lowest BCUT2D eigenvalue weighted by atomic mass is 10.1. The normalized spacial score (nSPS) is 19.1. The molecule has 29 heavy (non-hydrogen) atoms. The molecule has 3 heterocycles. The SMILES string of the molecule is COc1cc(C(=O)Nc2cc(C3CC(OC(=O)NC(C)(C)C)CO3)[nH]n2)n(C)n1. The van der Waals surface area contributed by atoms with Crippen LogP contribution in [0.2, 0.25) is 0 Å². The predicted octanol–water partition coefficient (Wildman–Crippen LogP) is 1.76. The van der Waals surface area contributed by atoms with Crippen LogP contribution in [-0.2, 0) is 16.5 Å². The number of carbonyl (C=O) groups excluding carboxylic acids is 2. The molecule has 3 rings (SSSR count). The number of nitrogens with one attached hydrogen (secondary N) is 3. The lowest BCUT2D eigenvalue weighted by molar-refractivity contribution is 0.0661. The standard InChI is InChI=1S/C18H26N6O5/c1-18(2,3)20-17(26)29-10-6-13(28-9-10)11-7-14(22-21-11)19-16(25)12-8-15(27-5)23-24(12)4/h7-8,10,13H,6,9H2,1-5H3,(H,20,26)(H2,19,21,22,25). The molecule has 0 saturated carbocycles. The third kappa shape index (κ3) is 5.25. The average molecular weight is 406 g/mol. The molecule has 1 saturated heterocycles. The van der Waals surface area contributed by atoms with Crippen molar-refractivity contribution < 1.29 is 23.8 Å². The maximum atomic E-state index is 12.4. The Bertz CT molecular complexity index is 884. The zero-order chi connectivity index (χ0) is 21.2. The highest BCUT2D eigenvalue weighted by Crippen LogP contribution is 2.30. The Labute approximate surface area is 168 Å². The minimum Gasteiger partial charge on any atom is -0.480 e. The summed E-state index contributed by atoms with van der Waals surface area (Å²) in [6.07, 6.45) is -0.648. The van der Waals surface area contributed by atoms with E-state index < -0.39 is 6.09 Å². The summed E-state index contributed by atoms with van der Waals surface area (Å²) in [5, 5.41) is 16.5. The van der Waals surface area contributed by atoms with Gasteiger partial charge in [-0.1, -0.05) is 0 Å². The summed E-state index contributed by atoms with van der Waals surface area (Å²) in [5.74, 6) is 0.332. The Balaban J connectivity index is 1.55. The van der Waals surface area contributed by atoms with E-state index in [-0.39, 0.29) is 30.3 Å². The number of ether oxygens (including phenoxy) is 3. The van der Waals surface area contributed by atoms with Crippen molar-refractivity contribution in [3.05, 3.63) is 23.5 Å². The van der Waals surface area contributed by atoms with Crippen molar-refractivity contribution in [2.24, 2.45) is 7.05 Å². The Morgan fingerprint density at radius 1 is 1.34 bits per heavy atom. The molecule has 11 nitrogen and oxygen atoms in total. The van der Waals surface area contributed by atoms with Crippen molar-refractivity contribution in [3.63, 3.8) is 0 Å². The number of hydrogen-bond acceptors (Lipinski definition) is 7. The van der Waals surface area contributed by atoms with Crippen LogP contribution in [0.3, 0.4) is 0 Å². The zero-order valence-corrected chi connectivity index (χ0v) is 17.1. The predicted molar refractivity (Wildman–Crippen MR) is 103 cm³/mol. The summed E-state index contributed by atoms with van der Waals surface area (Å²) in [7, 11) is 3.13. The lowest BCUT2D eigenvalue weighted by Gasteiger charge is -2.21. The van der Waals surface area contributed by atoms with E-state index in [0.29, 0.717) is 29.5 Å². The van der Waals surface area contributed by atoms with Crippen LogP contribution in [0.1, 0.15) is 49.5 Å². The van der Waals surface area contributed by atoms with Crippen molar-refractivity contribution in [2.45, 2.75) is 44.9 Å². The molecule has 3 N–H and O–H groups in total. The fraction of sp³-hybridized carbons (Fsp3) is 0.556. The van der Waals surface area contributed by atoms with Crippen LogP contribution in [0, 0.1) is 0 Å². The zero-order valence-electron chi connectivity index (χ0n) is 17.1. The minimum absolute atomic E-state index is 0.289. The summed E-state index contributed by atoms with van der Waals surface area (Å²) < 4.78 is 17.5. The monoisotopic (exact) mass is 406 g/mol. The molecule has 2 amide bonds. The minimum atomic E-state index is -0.476. The largest absolute Gasteiger partial charge is 0.480 e. The molecule has 2 aromatic rings. The van der Waals surface area contributed by atoms with Gasteiger partial charge in [-0.25, -0.2) is 4.79 Å². The molecule has 0 radical (unpaired) electrons. The smallest absolute Gasteiger partial charge is 0.407 e. The Morgan fingerprint density at radius 3 is 2.76 bits per heavy atom. The molecule has 11 heteroatoms. The van der Waals surface area contributed by atoms with Crippen molar-refractivity contribution in [1.29, 1.82) is 0 Å². The van der Waals surface area contributed by atoms with E-state index >= 15 is 0 Å². The number of carbonyl (C=O) groups is 2. The van der Waals surface area contributed by atoms with Crippen LogP contribution in [-0.4, -0.2) is 57.3 Å². The van der Waals surface area contributed by atoms with E-state index in [9.17, 15) is 9.59 Å². The number of aryl methyl sites for hydroxylation is 1. The summed E-state index contributed by atoms with van der Waals surface area (Å²) in [6.45, 7) is 5.93. The van der Waals surface area contributed by atoms with Gasteiger partial charge in [0.15, 0.2) is 5.82 Å². The second-order valence-electron chi connectivity index (χ2n) is 7.82. The number of amides is 2. The van der Waals surface area contributed by atoms with Gasteiger partial charge in [-0.05, 0) is 20.8 Å². The van der Waals surface area contributed by atoms with Crippen molar-refractivity contribution in [3.8, 4) is 5.88 Å². The van der Waals surface area contributed by atoms with Crippen LogP contribution < -0.4 is 15.4 Å². The van der Waals surface area contributed by atoms with E-state index in [1.807, 2.05) is 20.8 Å². The highest BCUT2D eigenvalue weighted by Gasteiger charge is 2.31. The molecule has 0 bridgehead atoms. The van der Waals surface area contributed by atoms with E-state index in [2.05, 4.69) is 25.9 Å². The number of alkyl carbamates (subject to hydrolysis) is 1. The van der Waals surface area contributed by atoms with Gasteiger partial charge in [-0.3, -0.25) is 14.6 Å². The third-order valence-electron chi connectivity index (χ3n) is 4.20. The third-order valence-corrected chi connectivity index (χ3v) is 4.20. The molecule has 158 valence electrons. The number of anilines is 1. The highest BCUT2D eigenvalue weighted by molar-refractivity contribution is 6.02. The van der Waals surface area contributed by atoms with Crippen LogP contribution in [0.25, 0.3) is 0 Å². The van der Waals surface area contributed by atoms with Gasteiger partial charge in [0, 0.05) is 31.1 Å². The van der Waals surface area contributed by atoms with Gasteiger partial charge < -0.3 is 24.8 Å². The first kappa shape index (κ1) is 20.6. The van der Waals surface area contributed by atoms with E-state index in [1.54, 1.807) is 13.1 Å². The topological polar surface area (TPSA) is 132 Å². The van der Waals surface area contributed by atoms with Gasteiger partial charge >= 0.3 is 6.09 Å². The van der Waals surface area contributed by atoms with Gasteiger partial charge in [0.05, 0.1) is 19.4 Å². The summed E-state index contributed by atoms with van der Waals surface area (Å²) >= 11 is 0. The highest BCUT2D eigenvalue weighted by atomic mass is 16.6. The number of H-pyrrole nitrogens is 1. The molecule has 1 aliphatic heterocycles. The number of nitrogens with zero attached hydrogens (tertiary/aromatic N) is 3. The molecule has 1 aliphatic rings. The molecular formula is C18H26N6O5. The molecule has 0 spiro atoms. The van der Waals surface area contributed by atoms with Crippen LogP contribution >= 0.6 is 0 Å². The summed E-state index contributed by atoms with van der Waals surface area (Å²) in [4.78, 5) is 24.3. The van der Waals surface area contributed by atoms with Crippen LogP contribution in [0.5, 0.6) is 5.88 Å². The molecule has 0 aliphatic carbocycles. The van der Waals surface area contributed by atoms with E-state index in [0.717, 1.165) is 0 Å². The first-order valence-electron chi connectivity index (χ1n) is 9.19. The first-order valence-corrected chi connectivity index (χ1v) is 9.19.